The fourth-order valence-electron chi connectivity index (χ4n) is 2.67. The van der Waals surface area contributed by atoms with Gasteiger partial charge in [-0.15, -0.1) is 10.2 Å². The van der Waals surface area contributed by atoms with Gasteiger partial charge >= 0.3 is 0 Å². The van der Waals surface area contributed by atoms with Crippen molar-refractivity contribution in [2.45, 2.75) is 6.92 Å². The van der Waals surface area contributed by atoms with Crippen LogP contribution in [0.3, 0.4) is 0 Å². The number of nitrogens with zero attached hydrogens (tertiary/aromatic N) is 3. The summed E-state index contributed by atoms with van der Waals surface area (Å²) in [5.74, 6) is 1.56. The molecule has 0 aliphatic heterocycles. The van der Waals surface area contributed by atoms with Crippen LogP contribution in [0.5, 0.6) is 11.5 Å². The number of benzene rings is 2. The van der Waals surface area contributed by atoms with Gasteiger partial charge < -0.3 is 15.2 Å². The van der Waals surface area contributed by atoms with Gasteiger partial charge in [0.25, 0.3) is 0 Å². The normalized spacial score (nSPS) is 10.6. The summed E-state index contributed by atoms with van der Waals surface area (Å²) in [6.07, 6.45) is 0. The lowest BCUT2D eigenvalue weighted by molar-refractivity contribution is 0.405. The first-order valence-corrected chi connectivity index (χ1v) is 7.02. The maximum absolute atomic E-state index is 6.23. The Morgan fingerprint density at radius 3 is 2.26 bits per heavy atom. The topological polar surface area (TPSA) is 98.9 Å². The molecule has 3 aromatic rings. The predicted octanol–water partition coefficient (Wildman–Crippen LogP) is 2.44. The molecule has 0 saturated carbocycles. The van der Waals surface area contributed by atoms with Crippen molar-refractivity contribution >= 4 is 5.69 Å². The Bertz CT molecular complexity index is 816. The zero-order valence-corrected chi connectivity index (χ0v) is 13.1. The number of hydrogen-bond acceptors (Lipinski definition) is 6. The third kappa shape index (κ3) is 2.36. The van der Waals surface area contributed by atoms with Crippen molar-refractivity contribution in [2.75, 3.05) is 20.0 Å². The summed E-state index contributed by atoms with van der Waals surface area (Å²) < 4.78 is 11.2. The van der Waals surface area contributed by atoms with Gasteiger partial charge in [-0.1, -0.05) is 30.3 Å². The number of rotatable bonds is 4. The number of ether oxygens (including phenoxy) is 2. The second-order valence-corrected chi connectivity index (χ2v) is 4.96. The second-order valence-electron chi connectivity index (χ2n) is 4.96. The molecule has 3 rings (SSSR count). The molecule has 1 aromatic heterocycles. The molecule has 0 unspecified atom stereocenters. The van der Waals surface area contributed by atoms with Crippen LogP contribution in [0.15, 0.2) is 30.3 Å². The van der Waals surface area contributed by atoms with Gasteiger partial charge in [-0.2, -0.15) is 5.21 Å². The maximum atomic E-state index is 6.23. The van der Waals surface area contributed by atoms with E-state index in [0.29, 0.717) is 28.6 Å². The zero-order chi connectivity index (χ0) is 16.4. The van der Waals surface area contributed by atoms with E-state index in [1.54, 1.807) is 14.2 Å². The van der Waals surface area contributed by atoms with Crippen LogP contribution in [-0.4, -0.2) is 34.8 Å². The van der Waals surface area contributed by atoms with Crippen molar-refractivity contribution in [2.24, 2.45) is 0 Å². The molecule has 0 saturated heterocycles. The number of tetrazole rings is 1. The molecule has 2 aromatic carbocycles. The first-order chi connectivity index (χ1) is 11.2. The van der Waals surface area contributed by atoms with Gasteiger partial charge in [0, 0.05) is 11.1 Å². The number of nitrogens with one attached hydrogen (secondary N) is 1. The summed E-state index contributed by atoms with van der Waals surface area (Å²) in [5, 5.41) is 14.3. The van der Waals surface area contributed by atoms with Gasteiger partial charge in [0.15, 0.2) is 5.75 Å². The molecule has 118 valence electrons. The Morgan fingerprint density at radius 2 is 1.70 bits per heavy atom. The summed E-state index contributed by atoms with van der Waals surface area (Å²) >= 11 is 0. The van der Waals surface area contributed by atoms with Crippen molar-refractivity contribution in [3.63, 3.8) is 0 Å². The van der Waals surface area contributed by atoms with Crippen molar-refractivity contribution in [3.05, 3.63) is 35.9 Å². The molecular formula is C16H17N5O2. The molecule has 0 spiro atoms. The Balaban J connectivity index is 2.46. The van der Waals surface area contributed by atoms with Gasteiger partial charge in [0.2, 0.25) is 5.82 Å². The Kier molecular flexibility index (Phi) is 3.84. The number of H-pyrrole nitrogens is 1. The molecule has 7 heteroatoms. The zero-order valence-electron chi connectivity index (χ0n) is 13.1. The third-order valence-corrected chi connectivity index (χ3v) is 3.73. The van der Waals surface area contributed by atoms with Crippen LogP contribution < -0.4 is 15.2 Å². The van der Waals surface area contributed by atoms with E-state index in [1.807, 2.05) is 37.3 Å². The molecule has 0 atom stereocenters. The minimum Gasteiger partial charge on any atom is -0.496 e. The number of nitrogen functional groups attached to an aromatic ring is 1. The summed E-state index contributed by atoms with van der Waals surface area (Å²) in [5.41, 5.74) is 9.94. The molecule has 3 N–H and O–H groups in total. The molecular weight excluding hydrogens is 294 g/mol. The van der Waals surface area contributed by atoms with E-state index in [0.717, 1.165) is 16.7 Å². The highest BCUT2D eigenvalue weighted by molar-refractivity contribution is 5.94. The molecule has 0 radical (unpaired) electrons. The fraction of sp³-hybridized carbons (Fsp3) is 0.188. The molecule has 0 bridgehead atoms. The molecule has 1 heterocycles. The Labute approximate surface area is 133 Å². The maximum Gasteiger partial charge on any atom is 0.209 e. The number of aromatic amines is 1. The quantitative estimate of drug-likeness (QED) is 0.718. The molecule has 0 aliphatic rings. The van der Waals surface area contributed by atoms with Gasteiger partial charge in [0.1, 0.15) is 5.75 Å². The standard InChI is InChI=1S/C16H17N5O2/c1-9-13(17)15(23-3)12(16-18-20-21-19-16)11(14(9)22-2)10-7-5-4-6-8-10/h4-8H,17H2,1-3H3,(H,18,19,20,21). The van der Waals surface area contributed by atoms with Crippen LogP contribution in [0.2, 0.25) is 0 Å². The van der Waals surface area contributed by atoms with Gasteiger partial charge in [-0.25, -0.2) is 0 Å². The van der Waals surface area contributed by atoms with Crippen LogP contribution in [0, 0.1) is 6.92 Å². The van der Waals surface area contributed by atoms with E-state index in [9.17, 15) is 0 Å². The van der Waals surface area contributed by atoms with Crippen LogP contribution in [0.1, 0.15) is 5.56 Å². The van der Waals surface area contributed by atoms with E-state index < -0.39 is 0 Å². The summed E-state index contributed by atoms with van der Waals surface area (Å²) in [7, 11) is 3.18. The van der Waals surface area contributed by atoms with Crippen molar-refractivity contribution < 1.29 is 9.47 Å². The highest BCUT2D eigenvalue weighted by Gasteiger charge is 2.26. The third-order valence-electron chi connectivity index (χ3n) is 3.73. The SMILES string of the molecule is COc1c(C)c(N)c(OC)c(-c2nn[nH]n2)c1-c1ccccc1. The van der Waals surface area contributed by atoms with E-state index in [2.05, 4.69) is 20.6 Å². The highest BCUT2D eigenvalue weighted by Crippen LogP contribution is 2.49. The Hall–Kier alpha value is -3.09. The number of methoxy groups -OCH3 is 2. The average Bonchev–Trinajstić information content (AvgIpc) is 3.11. The highest BCUT2D eigenvalue weighted by atomic mass is 16.5. The van der Waals surface area contributed by atoms with Gasteiger partial charge in [0.05, 0.1) is 25.5 Å². The molecule has 0 fully saturated rings. The molecule has 0 aliphatic carbocycles. The van der Waals surface area contributed by atoms with Crippen LogP contribution >= 0.6 is 0 Å². The van der Waals surface area contributed by atoms with Gasteiger partial charge in [-0.3, -0.25) is 0 Å². The van der Waals surface area contributed by atoms with Crippen molar-refractivity contribution in [1.82, 2.24) is 20.6 Å². The van der Waals surface area contributed by atoms with E-state index in [1.165, 1.54) is 0 Å². The molecule has 23 heavy (non-hydrogen) atoms. The van der Waals surface area contributed by atoms with Gasteiger partial charge in [-0.05, 0) is 17.7 Å². The smallest absolute Gasteiger partial charge is 0.209 e. The number of anilines is 1. The largest absolute Gasteiger partial charge is 0.496 e. The Morgan fingerprint density at radius 1 is 1.00 bits per heavy atom. The average molecular weight is 311 g/mol. The summed E-state index contributed by atoms with van der Waals surface area (Å²) in [6.45, 7) is 1.89. The minimum absolute atomic E-state index is 0.394. The van der Waals surface area contributed by atoms with Crippen LogP contribution in [0.4, 0.5) is 5.69 Å². The number of hydrogen-bond donors (Lipinski definition) is 2. The number of nitrogens with two attached hydrogens (primary N) is 1. The van der Waals surface area contributed by atoms with E-state index >= 15 is 0 Å². The first-order valence-electron chi connectivity index (χ1n) is 7.02. The lowest BCUT2D eigenvalue weighted by atomic mass is 9.93. The lowest BCUT2D eigenvalue weighted by Gasteiger charge is -2.20. The molecule has 7 nitrogen and oxygen atoms in total. The number of aromatic nitrogens is 4. The van der Waals surface area contributed by atoms with Crippen molar-refractivity contribution in [3.8, 4) is 34.0 Å². The first kappa shape index (κ1) is 14.8. The second kappa shape index (κ2) is 5.96. The van der Waals surface area contributed by atoms with E-state index in [4.69, 9.17) is 15.2 Å². The summed E-state index contributed by atoms with van der Waals surface area (Å²) in [4.78, 5) is 0. The van der Waals surface area contributed by atoms with Crippen LogP contribution in [0.25, 0.3) is 22.5 Å². The van der Waals surface area contributed by atoms with Crippen molar-refractivity contribution in [1.29, 1.82) is 0 Å². The lowest BCUT2D eigenvalue weighted by Crippen LogP contribution is -2.04. The monoisotopic (exact) mass is 311 g/mol. The molecule has 0 amide bonds. The predicted molar refractivity (Wildman–Crippen MR) is 87.3 cm³/mol. The summed E-state index contributed by atoms with van der Waals surface area (Å²) in [6, 6.07) is 9.82. The van der Waals surface area contributed by atoms with E-state index in [-0.39, 0.29) is 0 Å². The minimum atomic E-state index is 0.394. The van der Waals surface area contributed by atoms with Crippen LogP contribution in [-0.2, 0) is 0 Å². The fourth-order valence-corrected chi connectivity index (χ4v) is 2.67.